The average molecular weight is 314 g/mol. The molecular weight excluding hydrogens is 294 g/mol. The molecule has 0 unspecified atom stereocenters. The summed E-state index contributed by atoms with van der Waals surface area (Å²) in [5.41, 5.74) is 0. The Labute approximate surface area is 117 Å². The van der Waals surface area contributed by atoms with Crippen LogP contribution in [-0.4, -0.2) is 29.7 Å². The molecule has 1 aromatic rings. The lowest BCUT2D eigenvalue weighted by atomic mass is 10.3. The van der Waals surface area contributed by atoms with Gasteiger partial charge >= 0.3 is 0 Å². The molecule has 0 bridgehead atoms. The van der Waals surface area contributed by atoms with E-state index < -0.39 is 0 Å². The number of anilines is 1. The minimum absolute atomic E-state index is 0.737. The lowest BCUT2D eigenvalue weighted by molar-refractivity contribution is 0.134. The highest BCUT2D eigenvalue weighted by atomic mass is 79.9. The predicted octanol–water partition coefficient (Wildman–Crippen LogP) is 3.03. The van der Waals surface area contributed by atoms with Crippen LogP contribution in [0.5, 0.6) is 0 Å². The van der Waals surface area contributed by atoms with Crippen molar-refractivity contribution in [3.63, 3.8) is 0 Å². The summed E-state index contributed by atoms with van der Waals surface area (Å²) < 4.78 is 6.41. The molecule has 1 aliphatic carbocycles. The topological polar surface area (TPSA) is 47.0 Å². The maximum atomic E-state index is 5.57. The number of hydrogen-bond acceptors (Lipinski definition) is 4. The Morgan fingerprint density at radius 2 is 2.28 bits per heavy atom. The smallest absolute Gasteiger partial charge is 0.132 e. The van der Waals surface area contributed by atoms with E-state index in [0.29, 0.717) is 0 Å². The van der Waals surface area contributed by atoms with E-state index in [1.807, 2.05) is 6.07 Å². The Kier molecular flexibility index (Phi) is 5.38. The van der Waals surface area contributed by atoms with Gasteiger partial charge in [0.2, 0.25) is 0 Å². The molecule has 1 saturated carbocycles. The fourth-order valence-electron chi connectivity index (χ4n) is 1.68. The van der Waals surface area contributed by atoms with E-state index in [0.717, 1.165) is 54.8 Å². The van der Waals surface area contributed by atoms with Crippen LogP contribution < -0.4 is 5.32 Å². The zero-order chi connectivity index (χ0) is 12.8. The average Bonchev–Trinajstić information content (AvgIpc) is 3.12. The molecule has 2 rings (SSSR count). The summed E-state index contributed by atoms with van der Waals surface area (Å²) in [7, 11) is 0. The zero-order valence-electron chi connectivity index (χ0n) is 10.8. The molecule has 1 aromatic heterocycles. The van der Waals surface area contributed by atoms with Crippen LogP contribution in [0.25, 0.3) is 0 Å². The summed E-state index contributed by atoms with van der Waals surface area (Å²) in [4.78, 5) is 8.79. The second-order valence-corrected chi connectivity index (χ2v) is 5.50. The number of rotatable bonds is 8. The monoisotopic (exact) mass is 313 g/mol. The summed E-state index contributed by atoms with van der Waals surface area (Å²) >= 11 is 3.41. The van der Waals surface area contributed by atoms with Crippen LogP contribution in [0.3, 0.4) is 0 Å². The molecule has 0 aromatic carbocycles. The van der Waals surface area contributed by atoms with Crippen molar-refractivity contribution in [1.82, 2.24) is 9.97 Å². The van der Waals surface area contributed by atoms with Crippen LogP contribution in [0.1, 0.15) is 32.0 Å². The predicted molar refractivity (Wildman–Crippen MR) is 75.8 cm³/mol. The number of nitrogens with zero attached hydrogens (tertiary/aromatic N) is 2. The summed E-state index contributed by atoms with van der Waals surface area (Å²) in [6.07, 6.45) is 4.64. The van der Waals surface area contributed by atoms with Crippen LogP contribution in [-0.2, 0) is 11.2 Å². The molecule has 1 N–H and O–H groups in total. The molecule has 1 heterocycles. The summed E-state index contributed by atoms with van der Waals surface area (Å²) in [6, 6.07) is 1.90. The quantitative estimate of drug-likeness (QED) is 0.592. The molecule has 18 heavy (non-hydrogen) atoms. The molecule has 1 aliphatic rings. The Morgan fingerprint density at radius 3 is 3.00 bits per heavy atom. The van der Waals surface area contributed by atoms with E-state index in [1.54, 1.807) is 0 Å². The number of aryl methyl sites for hydroxylation is 1. The van der Waals surface area contributed by atoms with Crippen LogP contribution in [0.2, 0.25) is 0 Å². The van der Waals surface area contributed by atoms with E-state index in [2.05, 4.69) is 38.1 Å². The molecule has 0 amide bonds. The fraction of sp³-hybridized carbons (Fsp3) is 0.692. The van der Waals surface area contributed by atoms with Crippen LogP contribution in [0.4, 0.5) is 5.82 Å². The lowest BCUT2D eigenvalue weighted by Gasteiger charge is -2.08. The van der Waals surface area contributed by atoms with E-state index in [9.17, 15) is 0 Å². The highest BCUT2D eigenvalue weighted by Gasteiger charge is 2.20. The van der Waals surface area contributed by atoms with E-state index in [-0.39, 0.29) is 0 Å². The zero-order valence-corrected chi connectivity index (χ0v) is 12.4. The molecule has 0 atom stereocenters. The Hall–Kier alpha value is -0.680. The summed E-state index contributed by atoms with van der Waals surface area (Å²) in [5.74, 6) is 2.58. The van der Waals surface area contributed by atoms with Crippen molar-refractivity contribution in [1.29, 1.82) is 0 Å². The second kappa shape index (κ2) is 7.04. The first-order chi connectivity index (χ1) is 8.78. The van der Waals surface area contributed by atoms with Crippen LogP contribution in [0, 0.1) is 5.92 Å². The Morgan fingerprint density at radius 1 is 1.44 bits per heavy atom. The molecule has 0 saturated heterocycles. The minimum Gasteiger partial charge on any atom is -0.379 e. The number of hydrogen-bond donors (Lipinski definition) is 1. The van der Waals surface area contributed by atoms with Crippen molar-refractivity contribution in [2.45, 2.75) is 32.6 Å². The Balaban J connectivity index is 1.72. The van der Waals surface area contributed by atoms with Crippen molar-refractivity contribution in [2.24, 2.45) is 5.92 Å². The SMILES string of the molecule is CCCc1nc(Br)cc(NCCOCC2CC2)n1. The largest absolute Gasteiger partial charge is 0.379 e. The van der Waals surface area contributed by atoms with Crippen LogP contribution >= 0.6 is 15.9 Å². The van der Waals surface area contributed by atoms with Gasteiger partial charge in [0, 0.05) is 25.6 Å². The standard InChI is InChI=1S/C13H20BrN3O/c1-2-3-12-16-11(14)8-13(17-12)15-6-7-18-9-10-4-5-10/h8,10H,2-7,9H2,1H3,(H,15,16,17). The number of aromatic nitrogens is 2. The highest BCUT2D eigenvalue weighted by Crippen LogP contribution is 2.28. The van der Waals surface area contributed by atoms with Gasteiger partial charge in [0.25, 0.3) is 0 Å². The molecule has 0 aliphatic heterocycles. The normalized spacial score (nSPS) is 14.8. The van der Waals surface area contributed by atoms with Gasteiger partial charge in [-0.2, -0.15) is 0 Å². The van der Waals surface area contributed by atoms with E-state index in [1.165, 1.54) is 12.8 Å². The first kappa shape index (κ1) is 13.7. The van der Waals surface area contributed by atoms with Crippen molar-refractivity contribution < 1.29 is 4.74 Å². The molecule has 4 nitrogen and oxygen atoms in total. The van der Waals surface area contributed by atoms with Gasteiger partial charge in [0.05, 0.1) is 6.61 Å². The first-order valence-electron chi connectivity index (χ1n) is 6.63. The van der Waals surface area contributed by atoms with Gasteiger partial charge < -0.3 is 10.1 Å². The van der Waals surface area contributed by atoms with Crippen molar-refractivity contribution in [2.75, 3.05) is 25.1 Å². The lowest BCUT2D eigenvalue weighted by Crippen LogP contribution is -2.12. The molecule has 1 fully saturated rings. The molecule has 5 heteroatoms. The van der Waals surface area contributed by atoms with Gasteiger partial charge in [-0.15, -0.1) is 0 Å². The second-order valence-electron chi connectivity index (χ2n) is 4.69. The molecule has 0 spiro atoms. The third kappa shape index (κ3) is 4.90. The minimum atomic E-state index is 0.737. The first-order valence-corrected chi connectivity index (χ1v) is 7.42. The highest BCUT2D eigenvalue weighted by molar-refractivity contribution is 9.10. The van der Waals surface area contributed by atoms with Crippen molar-refractivity contribution in [3.05, 3.63) is 16.5 Å². The van der Waals surface area contributed by atoms with Crippen molar-refractivity contribution >= 4 is 21.7 Å². The fourth-order valence-corrected chi connectivity index (χ4v) is 2.10. The molecule has 100 valence electrons. The van der Waals surface area contributed by atoms with Crippen LogP contribution in [0.15, 0.2) is 10.7 Å². The van der Waals surface area contributed by atoms with Gasteiger partial charge in [-0.3, -0.25) is 0 Å². The number of nitrogens with one attached hydrogen (secondary N) is 1. The Bertz CT molecular complexity index is 382. The van der Waals surface area contributed by atoms with E-state index in [4.69, 9.17) is 4.74 Å². The van der Waals surface area contributed by atoms with Gasteiger partial charge in [-0.05, 0) is 41.1 Å². The van der Waals surface area contributed by atoms with E-state index >= 15 is 0 Å². The maximum absolute atomic E-state index is 5.57. The summed E-state index contributed by atoms with van der Waals surface area (Å²) in [5, 5.41) is 3.27. The number of ether oxygens (including phenoxy) is 1. The number of halogens is 1. The van der Waals surface area contributed by atoms with Crippen molar-refractivity contribution in [3.8, 4) is 0 Å². The maximum Gasteiger partial charge on any atom is 0.132 e. The van der Waals surface area contributed by atoms with Gasteiger partial charge in [-0.1, -0.05) is 6.92 Å². The summed E-state index contributed by atoms with van der Waals surface area (Å²) in [6.45, 7) is 4.57. The molecular formula is C13H20BrN3O. The van der Waals surface area contributed by atoms with Gasteiger partial charge in [0.15, 0.2) is 0 Å². The molecule has 0 radical (unpaired) electrons. The van der Waals surface area contributed by atoms with Gasteiger partial charge in [0.1, 0.15) is 16.2 Å². The van der Waals surface area contributed by atoms with Gasteiger partial charge in [-0.25, -0.2) is 9.97 Å². The third-order valence-corrected chi connectivity index (χ3v) is 3.22. The third-order valence-electron chi connectivity index (χ3n) is 2.82.